The first-order valence-electron chi connectivity index (χ1n) is 3.92. The summed E-state index contributed by atoms with van der Waals surface area (Å²) in [6.07, 6.45) is 3.07. The van der Waals surface area contributed by atoms with Gasteiger partial charge in [-0.25, -0.2) is 0 Å². The Kier molecular flexibility index (Phi) is 1.39. The van der Waals surface area contributed by atoms with Crippen LogP contribution in [0.1, 0.15) is 26.2 Å². The molecule has 0 aromatic heterocycles. The lowest BCUT2D eigenvalue weighted by Crippen LogP contribution is -2.61. The zero-order valence-electron chi connectivity index (χ0n) is 6.36. The van der Waals surface area contributed by atoms with Gasteiger partial charge in [-0.2, -0.15) is 0 Å². The predicted octanol–water partition coefficient (Wildman–Crippen LogP) is 2.55. The van der Waals surface area contributed by atoms with Gasteiger partial charge in [0.05, 0.1) is 0 Å². The molecule has 0 saturated heterocycles. The summed E-state index contributed by atoms with van der Waals surface area (Å²) in [6.45, 7) is 2.02. The Balaban J connectivity index is 2.36. The van der Waals surface area contributed by atoms with E-state index in [4.69, 9.17) is 23.2 Å². The first-order valence-corrected chi connectivity index (χ1v) is 4.68. The van der Waals surface area contributed by atoms with Crippen molar-refractivity contribution in [1.82, 2.24) is 0 Å². The molecule has 0 N–H and O–H groups in total. The lowest BCUT2D eigenvalue weighted by molar-refractivity contribution is -0.140. The van der Waals surface area contributed by atoms with Gasteiger partial charge in [-0.3, -0.25) is 4.79 Å². The fraction of sp³-hybridized carbons (Fsp3) is 0.875. The predicted molar refractivity (Wildman–Crippen MR) is 44.9 cm³/mol. The van der Waals surface area contributed by atoms with Crippen molar-refractivity contribution in [3.8, 4) is 0 Å². The summed E-state index contributed by atoms with van der Waals surface area (Å²) in [5.74, 6) is 0.193. The highest BCUT2D eigenvalue weighted by Crippen LogP contribution is 2.65. The summed E-state index contributed by atoms with van der Waals surface area (Å²) in [6, 6.07) is 0. The van der Waals surface area contributed by atoms with Gasteiger partial charge in [0, 0.05) is 11.3 Å². The van der Waals surface area contributed by atoms with Crippen LogP contribution in [0.4, 0.5) is 0 Å². The van der Waals surface area contributed by atoms with Gasteiger partial charge in [0.15, 0.2) is 10.1 Å². The number of rotatable bonds is 0. The maximum Gasteiger partial charge on any atom is 0.182 e. The molecule has 2 atom stereocenters. The molecule has 0 amide bonds. The second kappa shape index (κ2) is 1.94. The van der Waals surface area contributed by atoms with Crippen molar-refractivity contribution in [3.63, 3.8) is 0 Å². The highest BCUT2D eigenvalue weighted by molar-refractivity contribution is 6.61. The van der Waals surface area contributed by atoms with Crippen molar-refractivity contribution >= 4 is 29.0 Å². The molecule has 3 heteroatoms. The standard InChI is InChI=1S/C8H10Cl2O/c1-7-4-2-3-5(7)6(11)8(7,9)10/h5H,2-4H2,1H3/t5?,7-/m0/s1. The molecular weight excluding hydrogens is 183 g/mol. The molecule has 2 aliphatic rings. The van der Waals surface area contributed by atoms with Crippen LogP contribution in [0.25, 0.3) is 0 Å². The summed E-state index contributed by atoms with van der Waals surface area (Å²) >= 11 is 11.8. The normalized spacial score (nSPS) is 46.8. The van der Waals surface area contributed by atoms with Crippen LogP contribution in [0.3, 0.4) is 0 Å². The van der Waals surface area contributed by atoms with Crippen LogP contribution in [0.15, 0.2) is 0 Å². The molecule has 11 heavy (non-hydrogen) atoms. The highest BCUT2D eigenvalue weighted by Gasteiger charge is 2.69. The highest BCUT2D eigenvalue weighted by atomic mass is 35.5. The Morgan fingerprint density at radius 3 is 2.73 bits per heavy atom. The number of carbonyl (C=O) groups excluding carboxylic acids is 1. The van der Waals surface area contributed by atoms with Crippen LogP contribution in [0.5, 0.6) is 0 Å². The quantitative estimate of drug-likeness (QED) is 0.540. The number of alkyl halides is 2. The van der Waals surface area contributed by atoms with Crippen molar-refractivity contribution < 1.29 is 4.79 Å². The molecule has 0 aromatic carbocycles. The van der Waals surface area contributed by atoms with Crippen molar-refractivity contribution in [2.45, 2.75) is 30.5 Å². The average Bonchev–Trinajstić information content (AvgIpc) is 2.30. The third kappa shape index (κ3) is 0.671. The molecule has 2 saturated carbocycles. The summed E-state index contributed by atoms with van der Waals surface area (Å²) in [7, 11) is 0. The molecule has 0 aromatic rings. The van der Waals surface area contributed by atoms with E-state index in [0.717, 1.165) is 19.3 Å². The van der Waals surface area contributed by atoms with Gasteiger partial charge in [-0.05, 0) is 12.8 Å². The average molecular weight is 193 g/mol. The number of ketones is 1. The van der Waals surface area contributed by atoms with Crippen LogP contribution in [0.2, 0.25) is 0 Å². The number of hydrogen-bond donors (Lipinski definition) is 0. The van der Waals surface area contributed by atoms with E-state index in [1.54, 1.807) is 0 Å². The van der Waals surface area contributed by atoms with Crippen LogP contribution in [-0.4, -0.2) is 10.1 Å². The van der Waals surface area contributed by atoms with Crippen molar-refractivity contribution in [1.29, 1.82) is 0 Å². The Morgan fingerprint density at radius 1 is 1.55 bits per heavy atom. The minimum Gasteiger partial charge on any atom is -0.296 e. The lowest BCUT2D eigenvalue weighted by Gasteiger charge is -2.51. The second-order valence-electron chi connectivity index (χ2n) is 3.80. The van der Waals surface area contributed by atoms with E-state index in [1.807, 2.05) is 6.92 Å². The van der Waals surface area contributed by atoms with E-state index in [0.29, 0.717) is 0 Å². The SMILES string of the molecule is C[C@]12CCCC1C(=O)C2(Cl)Cl. The molecule has 0 radical (unpaired) electrons. The summed E-state index contributed by atoms with van der Waals surface area (Å²) < 4.78 is -1.08. The molecule has 2 rings (SSSR count). The lowest BCUT2D eigenvalue weighted by atomic mass is 9.61. The molecule has 62 valence electrons. The van der Waals surface area contributed by atoms with Gasteiger partial charge in [0.2, 0.25) is 0 Å². The molecule has 0 heterocycles. The van der Waals surface area contributed by atoms with E-state index in [9.17, 15) is 4.79 Å². The monoisotopic (exact) mass is 192 g/mol. The molecule has 1 nitrogen and oxygen atoms in total. The molecule has 2 fully saturated rings. The number of Topliss-reactive ketones (excluding diaryl/α,β-unsaturated/α-hetero) is 1. The second-order valence-corrected chi connectivity index (χ2v) is 5.13. The van der Waals surface area contributed by atoms with Crippen molar-refractivity contribution in [3.05, 3.63) is 0 Å². The largest absolute Gasteiger partial charge is 0.296 e. The number of fused-ring (bicyclic) bond motifs is 1. The molecule has 0 spiro atoms. The van der Waals surface area contributed by atoms with Gasteiger partial charge >= 0.3 is 0 Å². The molecule has 1 unspecified atom stereocenters. The minimum atomic E-state index is -1.08. The third-order valence-electron chi connectivity index (χ3n) is 3.30. The fourth-order valence-corrected chi connectivity index (χ4v) is 3.10. The van der Waals surface area contributed by atoms with Gasteiger partial charge in [0.1, 0.15) is 0 Å². The van der Waals surface area contributed by atoms with Crippen LogP contribution in [-0.2, 0) is 4.79 Å². The van der Waals surface area contributed by atoms with E-state index < -0.39 is 4.33 Å². The first-order chi connectivity index (χ1) is 5.00. The van der Waals surface area contributed by atoms with Crippen molar-refractivity contribution in [2.24, 2.45) is 11.3 Å². The third-order valence-corrected chi connectivity index (χ3v) is 4.54. The Morgan fingerprint density at radius 2 is 2.18 bits per heavy atom. The first kappa shape index (κ1) is 7.88. The Hall–Kier alpha value is 0.250. The number of hydrogen-bond acceptors (Lipinski definition) is 1. The van der Waals surface area contributed by atoms with Crippen LogP contribution >= 0.6 is 23.2 Å². The zero-order valence-corrected chi connectivity index (χ0v) is 7.87. The van der Waals surface area contributed by atoms with Crippen LogP contribution < -0.4 is 0 Å². The molecule has 0 bridgehead atoms. The van der Waals surface area contributed by atoms with Crippen LogP contribution in [0, 0.1) is 11.3 Å². The minimum absolute atomic E-state index is 0.0424. The molecular formula is C8H10Cl2O. The smallest absolute Gasteiger partial charge is 0.182 e. The van der Waals surface area contributed by atoms with Gasteiger partial charge in [-0.15, -0.1) is 0 Å². The zero-order chi connectivity index (χ0) is 8.28. The van der Waals surface area contributed by atoms with E-state index >= 15 is 0 Å². The maximum absolute atomic E-state index is 11.3. The van der Waals surface area contributed by atoms with Crippen molar-refractivity contribution in [2.75, 3.05) is 0 Å². The Labute approximate surface area is 76.1 Å². The maximum atomic E-state index is 11.3. The van der Waals surface area contributed by atoms with Gasteiger partial charge in [0.25, 0.3) is 0 Å². The van der Waals surface area contributed by atoms with E-state index in [-0.39, 0.29) is 17.1 Å². The number of halogens is 2. The van der Waals surface area contributed by atoms with Gasteiger partial charge < -0.3 is 0 Å². The molecule has 0 aliphatic heterocycles. The Bertz CT molecular complexity index is 224. The van der Waals surface area contributed by atoms with E-state index in [2.05, 4.69) is 0 Å². The summed E-state index contributed by atoms with van der Waals surface area (Å²) in [5, 5.41) is 0. The topological polar surface area (TPSA) is 17.1 Å². The van der Waals surface area contributed by atoms with Gasteiger partial charge in [-0.1, -0.05) is 36.5 Å². The molecule has 2 aliphatic carbocycles. The van der Waals surface area contributed by atoms with E-state index in [1.165, 1.54) is 0 Å². The summed E-state index contributed by atoms with van der Waals surface area (Å²) in [5.41, 5.74) is -0.118. The summed E-state index contributed by atoms with van der Waals surface area (Å²) in [4.78, 5) is 11.3. The number of carbonyl (C=O) groups is 1. The fourth-order valence-electron chi connectivity index (χ4n) is 2.38.